The van der Waals surface area contributed by atoms with Gasteiger partial charge in [-0.1, -0.05) is 12.1 Å². The molecule has 0 atom stereocenters. The summed E-state index contributed by atoms with van der Waals surface area (Å²) < 4.78 is 5.52. The van der Waals surface area contributed by atoms with Crippen LogP contribution < -0.4 is 10.1 Å². The first kappa shape index (κ1) is 18.9. The van der Waals surface area contributed by atoms with Crippen LogP contribution in [-0.4, -0.2) is 47.9 Å². The summed E-state index contributed by atoms with van der Waals surface area (Å²) in [5, 5.41) is 3.01. The van der Waals surface area contributed by atoms with E-state index in [1.54, 1.807) is 30.6 Å². The summed E-state index contributed by atoms with van der Waals surface area (Å²) in [6.07, 6.45) is 5.03. The molecule has 0 radical (unpaired) electrons. The normalized spacial score (nSPS) is 14.6. The number of aromatic nitrogens is 1. The fourth-order valence-electron chi connectivity index (χ4n) is 3.29. The molecule has 0 aliphatic carbocycles. The van der Waals surface area contributed by atoms with E-state index in [1.165, 1.54) is 0 Å². The zero-order chi connectivity index (χ0) is 19.1. The number of carbonyl (C=O) groups is 2. The first-order chi connectivity index (χ1) is 13.2. The smallest absolute Gasteiger partial charge is 0.255 e. The molecule has 27 heavy (non-hydrogen) atoms. The van der Waals surface area contributed by atoms with Crippen LogP contribution in [0.3, 0.4) is 0 Å². The highest BCUT2D eigenvalue weighted by atomic mass is 16.5. The Kier molecular flexibility index (Phi) is 6.41. The van der Waals surface area contributed by atoms with Gasteiger partial charge in [-0.3, -0.25) is 14.6 Å². The van der Waals surface area contributed by atoms with Crippen molar-refractivity contribution in [3.05, 3.63) is 59.9 Å². The number of benzene rings is 1. The number of hydrogen-bond acceptors (Lipinski definition) is 4. The molecule has 1 N–H and O–H groups in total. The molecule has 1 aromatic heterocycles. The van der Waals surface area contributed by atoms with E-state index in [0.717, 1.165) is 12.8 Å². The summed E-state index contributed by atoms with van der Waals surface area (Å²) in [6.45, 7) is 4.44. The summed E-state index contributed by atoms with van der Waals surface area (Å²) in [5.74, 6) is 0.907. The summed E-state index contributed by atoms with van der Waals surface area (Å²) in [6, 6.07) is 10.8. The van der Waals surface area contributed by atoms with Crippen LogP contribution in [0.2, 0.25) is 0 Å². The lowest BCUT2D eigenvalue weighted by Crippen LogP contribution is -2.41. The monoisotopic (exact) mass is 367 g/mol. The summed E-state index contributed by atoms with van der Waals surface area (Å²) in [4.78, 5) is 30.8. The Morgan fingerprint density at radius 2 is 1.85 bits per heavy atom. The van der Waals surface area contributed by atoms with Crippen LogP contribution in [0.5, 0.6) is 5.75 Å². The molecule has 2 aromatic rings. The summed E-state index contributed by atoms with van der Waals surface area (Å²) in [7, 11) is 0. The van der Waals surface area contributed by atoms with Gasteiger partial charge in [-0.15, -0.1) is 0 Å². The molecule has 0 spiro atoms. The van der Waals surface area contributed by atoms with Crippen molar-refractivity contribution >= 4 is 11.8 Å². The van der Waals surface area contributed by atoms with Gasteiger partial charge in [-0.05, 0) is 49.9 Å². The second-order valence-electron chi connectivity index (χ2n) is 6.61. The third-order valence-electron chi connectivity index (χ3n) is 4.81. The summed E-state index contributed by atoms with van der Waals surface area (Å²) in [5.41, 5.74) is 1.23. The number of rotatable bonds is 6. The molecule has 3 rings (SSSR count). The van der Waals surface area contributed by atoms with E-state index in [1.807, 2.05) is 30.0 Å². The zero-order valence-corrected chi connectivity index (χ0v) is 15.6. The number of pyridine rings is 1. The van der Waals surface area contributed by atoms with Gasteiger partial charge in [0.1, 0.15) is 5.75 Å². The molecule has 1 aliphatic rings. The second-order valence-corrected chi connectivity index (χ2v) is 6.61. The van der Waals surface area contributed by atoms with Crippen molar-refractivity contribution in [1.29, 1.82) is 0 Å². The van der Waals surface area contributed by atoms with Crippen LogP contribution in [0.4, 0.5) is 0 Å². The molecule has 2 heterocycles. The number of likely N-dealkylation sites (tertiary alicyclic amines) is 1. The number of piperidine rings is 1. The molecule has 1 saturated heterocycles. The van der Waals surface area contributed by atoms with E-state index in [2.05, 4.69) is 10.3 Å². The largest absolute Gasteiger partial charge is 0.493 e. The maximum atomic E-state index is 12.5. The predicted octanol–water partition coefficient (Wildman–Crippen LogP) is 2.76. The summed E-state index contributed by atoms with van der Waals surface area (Å²) >= 11 is 0. The van der Waals surface area contributed by atoms with Crippen LogP contribution in [0.15, 0.2) is 48.8 Å². The number of ether oxygens (including phenoxy) is 1. The van der Waals surface area contributed by atoms with E-state index < -0.39 is 0 Å². The van der Waals surface area contributed by atoms with Crippen LogP contribution >= 0.6 is 0 Å². The highest BCUT2D eigenvalue weighted by molar-refractivity contribution is 5.97. The van der Waals surface area contributed by atoms with Crippen molar-refractivity contribution in [1.82, 2.24) is 15.2 Å². The lowest BCUT2D eigenvalue weighted by molar-refractivity contribution is 0.0684. The number of nitrogens with zero attached hydrogens (tertiary/aromatic N) is 2. The quantitative estimate of drug-likeness (QED) is 0.852. The highest BCUT2D eigenvalue weighted by Gasteiger charge is 2.24. The van der Waals surface area contributed by atoms with Crippen LogP contribution in [0.1, 0.15) is 40.5 Å². The van der Waals surface area contributed by atoms with Gasteiger partial charge in [0.15, 0.2) is 0 Å². The fraction of sp³-hybridized carbons (Fsp3) is 0.381. The minimum atomic E-state index is -0.116. The highest BCUT2D eigenvalue weighted by Crippen LogP contribution is 2.20. The fourth-order valence-corrected chi connectivity index (χ4v) is 3.29. The van der Waals surface area contributed by atoms with E-state index >= 15 is 0 Å². The average molecular weight is 367 g/mol. The Hall–Kier alpha value is -2.89. The molecular weight excluding hydrogens is 342 g/mol. The van der Waals surface area contributed by atoms with Crippen molar-refractivity contribution in [3.63, 3.8) is 0 Å². The van der Waals surface area contributed by atoms with Crippen LogP contribution in [0, 0.1) is 5.92 Å². The van der Waals surface area contributed by atoms with Crippen molar-refractivity contribution in [3.8, 4) is 5.75 Å². The number of nitrogens with one attached hydrogen (secondary N) is 1. The molecule has 1 aliphatic heterocycles. The molecule has 2 amide bonds. The number of carbonyl (C=O) groups excluding carboxylic acids is 2. The Morgan fingerprint density at radius 1 is 1.15 bits per heavy atom. The molecule has 6 nitrogen and oxygen atoms in total. The Labute approximate surface area is 159 Å². The molecule has 142 valence electrons. The second kappa shape index (κ2) is 9.16. The van der Waals surface area contributed by atoms with Gasteiger partial charge in [0, 0.05) is 37.6 Å². The number of amides is 2. The van der Waals surface area contributed by atoms with Crippen LogP contribution in [0.25, 0.3) is 0 Å². The Bertz CT molecular complexity index is 771. The van der Waals surface area contributed by atoms with Crippen LogP contribution in [-0.2, 0) is 0 Å². The minimum Gasteiger partial charge on any atom is -0.493 e. The van der Waals surface area contributed by atoms with Gasteiger partial charge < -0.3 is 15.0 Å². The lowest BCUT2D eigenvalue weighted by atomic mass is 9.96. The van der Waals surface area contributed by atoms with Gasteiger partial charge in [-0.25, -0.2) is 0 Å². The number of para-hydroxylation sites is 1. The molecule has 1 fully saturated rings. The molecule has 0 unspecified atom stereocenters. The first-order valence-electron chi connectivity index (χ1n) is 9.38. The third kappa shape index (κ3) is 4.84. The lowest BCUT2D eigenvalue weighted by Gasteiger charge is -2.32. The van der Waals surface area contributed by atoms with Gasteiger partial charge >= 0.3 is 0 Å². The molecule has 6 heteroatoms. The predicted molar refractivity (Wildman–Crippen MR) is 103 cm³/mol. The standard InChI is InChI=1S/C21H25N3O3/c1-2-27-19-6-4-3-5-18(19)20(25)23-15-16-9-13-24(14-10-16)21(26)17-7-11-22-12-8-17/h3-8,11-12,16H,2,9-10,13-15H2,1H3,(H,23,25). The van der Waals surface area contributed by atoms with Gasteiger partial charge in [0.2, 0.25) is 0 Å². The maximum Gasteiger partial charge on any atom is 0.255 e. The Balaban J connectivity index is 1.48. The van der Waals surface area contributed by atoms with Crippen molar-refractivity contribution in [2.24, 2.45) is 5.92 Å². The molecule has 0 saturated carbocycles. The van der Waals surface area contributed by atoms with Gasteiger partial charge in [-0.2, -0.15) is 0 Å². The van der Waals surface area contributed by atoms with E-state index in [9.17, 15) is 9.59 Å². The van der Waals surface area contributed by atoms with Crippen molar-refractivity contribution in [2.45, 2.75) is 19.8 Å². The third-order valence-corrected chi connectivity index (χ3v) is 4.81. The van der Waals surface area contributed by atoms with Crippen molar-refractivity contribution < 1.29 is 14.3 Å². The van der Waals surface area contributed by atoms with Gasteiger partial charge in [0.25, 0.3) is 11.8 Å². The topological polar surface area (TPSA) is 71.5 Å². The SMILES string of the molecule is CCOc1ccccc1C(=O)NCC1CCN(C(=O)c2ccncc2)CC1. The molecular formula is C21H25N3O3. The van der Waals surface area contributed by atoms with E-state index in [4.69, 9.17) is 4.74 Å². The van der Waals surface area contributed by atoms with Gasteiger partial charge in [0.05, 0.1) is 12.2 Å². The minimum absolute atomic E-state index is 0.0468. The average Bonchev–Trinajstić information content (AvgIpc) is 2.73. The maximum absolute atomic E-state index is 12.5. The Morgan fingerprint density at radius 3 is 2.56 bits per heavy atom. The first-order valence-corrected chi connectivity index (χ1v) is 9.38. The molecule has 1 aromatic carbocycles. The van der Waals surface area contributed by atoms with Crippen molar-refractivity contribution in [2.75, 3.05) is 26.2 Å². The van der Waals surface area contributed by atoms with E-state index in [-0.39, 0.29) is 11.8 Å². The van der Waals surface area contributed by atoms with E-state index in [0.29, 0.717) is 49.0 Å². The number of hydrogen-bond donors (Lipinski definition) is 1. The zero-order valence-electron chi connectivity index (χ0n) is 15.6. The molecule has 0 bridgehead atoms.